The van der Waals surface area contributed by atoms with E-state index in [2.05, 4.69) is 10.2 Å². The molecule has 0 atom stereocenters. The number of aromatic nitrogens is 3. The summed E-state index contributed by atoms with van der Waals surface area (Å²) in [7, 11) is 0. The molecule has 0 aliphatic heterocycles. The first-order valence-corrected chi connectivity index (χ1v) is 6.02. The molecule has 1 aliphatic carbocycles. The Morgan fingerprint density at radius 2 is 2.12 bits per heavy atom. The lowest BCUT2D eigenvalue weighted by atomic mass is 10.2. The number of halogens is 2. The molecule has 1 aromatic heterocycles. The fourth-order valence-corrected chi connectivity index (χ4v) is 2.50. The van der Waals surface area contributed by atoms with Crippen molar-refractivity contribution < 1.29 is 8.78 Å². The summed E-state index contributed by atoms with van der Waals surface area (Å²) in [6, 6.07) is 0.0960. The van der Waals surface area contributed by atoms with E-state index < -0.39 is 5.92 Å². The summed E-state index contributed by atoms with van der Waals surface area (Å²) in [6.45, 7) is 1.46. The van der Waals surface area contributed by atoms with Gasteiger partial charge in [0.05, 0.1) is 0 Å². The quantitative estimate of drug-likeness (QED) is 0.829. The maximum absolute atomic E-state index is 13.7. The van der Waals surface area contributed by atoms with Crippen molar-refractivity contribution in [2.24, 2.45) is 0 Å². The molecule has 1 N–H and O–H groups in total. The van der Waals surface area contributed by atoms with E-state index >= 15 is 0 Å². The highest BCUT2D eigenvalue weighted by Gasteiger charge is 2.37. The molecule has 1 aromatic rings. The van der Waals surface area contributed by atoms with Gasteiger partial charge in [0.2, 0.25) is 5.82 Å². The molecule has 90 valence electrons. The van der Waals surface area contributed by atoms with E-state index in [1.54, 1.807) is 0 Å². The fourth-order valence-electron chi connectivity index (χ4n) is 2.22. The summed E-state index contributed by atoms with van der Waals surface area (Å²) in [4.78, 5) is 0. The van der Waals surface area contributed by atoms with Crippen LogP contribution in [0.2, 0.25) is 0 Å². The van der Waals surface area contributed by atoms with Gasteiger partial charge in [-0.25, -0.2) is 0 Å². The zero-order chi connectivity index (χ0) is 11.8. The Hall–Kier alpha value is -0.780. The topological polar surface area (TPSA) is 33.6 Å². The summed E-state index contributed by atoms with van der Waals surface area (Å²) in [5.74, 6) is -3.09. The monoisotopic (exact) mass is 247 g/mol. The van der Waals surface area contributed by atoms with Gasteiger partial charge in [-0.05, 0) is 25.1 Å². The van der Waals surface area contributed by atoms with Gasteiger partial charge in [-0.15, -0.1) is 0 Å². The number of rotatable bonds is 3. The number of hydrogen-bond donors (Lipinski definition) is 1. The van der Waals surface area contributed by atoms with Crippen LogP contribution >= 0.6 is 12.2 Å². The highest BCUT2D eigenvalue weighted by atomic mass is 32.1. The zero-order valence-electron chi connectivity index (χ0n) is 9.17. The second-order valence-corrected chi connectivity index (χ2v) is 4.61. The van der Waals surface area contributed by atoms with Crippen LogP contribution in [0.15, 0.2) is 0 Å². The molecule has 0 aromatic carbocycles. The first kappa shape index (κ1) is 11.7. The lowest BCUT2D eigenvalue weighted by molar-refractivity contribution is -0.0226. The third kappa shape index (κ3) is 1.90. The largest absolute Gasteiger partial charge is 0.306 e. The zero-order valence-corrected chi connectivity index (χ0v) is 9.99. The normalized spacial score (nSPS) is 18.2. The summed E-state index contributed by atoms with van der Waals surface area (Å²) in [5.41, 5.74) is 0. The minimum Gasteiger partial charge on any atom is -0.296 e. The Bertz CT molecular complexity index is 418. The first-order chi connectivity index (χ1) is 7.56. The number of nitrogens with one attached hydrogen (secondary N) is 1. The second kappa shape index (κ2) is 4.24. The van der Waals surface area contributed by atoms with E-state index in [0.29, 0.717) is 4.77 Å². The lowest BCUT2D eigenvalue weighted by Gasteiger charge is -2.18. The average molecular weight is 247 g/mol. The van der Waals surface area contributed by atoms with Crippen LogP contribution < -0.4 is 0 Å². The van der Waals surface area contributed by atoms with Crippen LogP contribution in [0.25, 0.3) is 0 Å². The van der Waals surface area contributed by atoms with E-state index in [-0.39, 0.29) is 18.3 Å². The molecule has 6 heteroatoms. The minimum atomic E-state index is -2.89. The van der Waals surface area contributed by atoms with Crippen LogP contribution in [0.4, 0.5) is 8.78 Å². The standard InChI is InChI=1S/C10H15F2N3S/c1-2-10(11,12)8-13-14-9(16)15(8)7-5-3-4-6-7/h7H,2-6H2,1H3,(H,14,16). The third-order valence-electron chi connectivity index (χ3n) is 3.17. The van der Waals surface area contributed by atoms with E-state index in [1.165, 1.54) is 11.5 Å². The van der Waals surface area contributed by atoms with Crippen molar-refractivity contribution in [1.29, 1.82) is 0 Å². The van der Waals surface area contributed by atoms with Crippen molar-refractivity contribution in [3.8, 4) is 0 Å². The number of nitrogens with zero attached hydrogens (tertiary/aromatic N) is 2. The Morgan fingerprint density at radius 1 is 1.50 bits per heavy atom. The highest BCUT2D eigenvalue weighted by Crippen LogP contribution is 2.36. The maximum Gasteiger partial charge on any atom is 0.306 e. The van der Waals surface area contributed by atoms with Gasteiger partial charge in [-0.1, -0.05) is 19.8 Å². The minimum absolute atomic E-state index is 0.0960. The first-order valence-electron chi connectivity index (χ1n) is 5.61. The van der Waals surface area contributed by atoms with E-state index in [0.717, 1.165) is 25.7 Å². The van der Waals surface area contributed by atoms with Gasteiger partial charge in [0, 0.05) is 12.5 Å². The Kier molecular flexibility index (Phi) is 3.10. The van der Waals surface area contributed by atoms with Gasteiger partial charge < -0.3 is 0 Å². The van der Waals surface area contributed by atoms with Gasteiger partial charge in [-0.3, -0.25) is 9.67 Å². The molecule has 0 bridgehead atoms. The fraction of sp³-hybridized carbons (Fsp3) is 0.800. The van der Waals surface area contributed by atoms with Gasteiger partial charge in [-0.2, -0.15) is 13.9 Å². The van der Waals surface area contributed by atoms with E-state index in [4.69, 9.17) is 12.2 Å². The molecule has 2 rings (SSSR count). The van der Waals surface area contributed by atoms with Crippen molar-refractivity contribution in [1.82, 2.24) is 14.8 Å². The smallest absolute Gasteiger partial charge is 0.296 e. The third-order valence-corrected chi connectivity index (χ3v) is 3.45. The SMILES string of the molecule is CCC(F)(F)c1n[nH]c(=S)n1C1CCCC1. The number of hydrogen-bond acceptors (Lipinski definition) is 2. The Balaban J connectivity index is 2.43. The number of aromatic amines is 1. The van der Waals surface area contributed by atoms with Crippen LogP contribution in [0.1, 0.15) is 50.9 Å². The Labute approximate surface area is 97.9 Å². The average Bonchev–Trinajstić information content (AvgIpc) is 2.86. The van der Waals surface area contributed by atoms with Crippen LogP contribution in [-0.2, 0) is 5.92 Å². The van der Waals surface area contributed by atoms with Crippen LogP contribution in [0.3, 0.4) is 0 Å². The van der Waals surface area contributed by atoms with Gasteiger partial charge in [0.25, 0.3) is 0 Å². The van der Waals surface area contributed by atoms with E-state index in [1.807, 2.05) is 0 Å². The van der Waals surface area contributed by atoms with Crippen molar-refractivity contribution in [3.63, 3.8) is 0 Å². The predicted molar refractivity (Wildman–Crippen MR) is 59.1 cm³/mol. The van der Waals surface area contributed by atoms with Crippen LogP contribution in [-0.4, -0.2) is 14.8 Å². The molecule has 0 saturated heterocycles. The van der Waals surface area contributed by atoms with Crippen LogP contribution in [0, 0.1) is 4.77 Å². The molecule has 0 amide bonds. The molecule has 3 nitrogen and oxygen atoms in total. The van der Waals surface area contributed by atoms with Crippen molar-refractivity contribution in [2.45, 2.75) is 51.0 Å². The molecule has 0 unspecified atom stereocenters. The van der Waals surface area contributed by atoms with Crippen molar-refractivity contribution in [2.75, 3.05) is 0 Å². The summed E-state index contributed by atoms with van der Waals surface area (Å²) in [6.07, 6.45) is 3.74. The molecule has 1 saturated carbocycles. The predicted octanol–water partition coefficient (Wildman–Crippen LogP) is 3.56. The molecular formula is C10H15F2N3S. The molecule has 0 spiro atoms. The van der Waals surface area contributed by atoms with Gasteiger partial charge >= 0.3 is 5.92 Å². The number of alkyl halides is 2. The maximum atomic E-state index is 13.7. The lowest BCUT2D eigenvalue weighted by Crippen LogP contribution is -2.21. The van der Waals surface area contributed by atoms with Crippen molar-refractivity contribution >= 4 is 12.2 Å². The second-order valence-electron chi connectivity index (χ2n) is 4.22. The molecule has 1 heterocycles. The molecule has 1 fully saturated rings. The van der Waals surface area contributed by atoms with Gasteiger partial charge in [0.1, 0.15) is 0 Å². The molecular weight excluding hydrogens is 232 g/mol. The highest BCUT2D eigenvalue weighted by molar-refractivity contribution is 7.71. The summed E-state index contributed by atoms with van der Waals surface area (Å²) >= 11 is 5.04. The number of H-pyrrole nitrogens is 1. The summed E-state index contributed by atoms with van der Waals surface area (Å²) in [5, 5.41) is 6.19. The van der Waals surface area contributed by atoms with E-state index in [9.17, 15) is 8.78 Å². The Morgan fingerprint density at radius 3 is 2.69 bits per heavy atom. The molecule has 0 radical (unpaired) electrons. The van der Waals surface area contributed by atoms with Gasteiger partial charge in [0.15, 0.2) is 4.77 Å². The van der Waals surface area contributed by atoms with Crippen LogP contribution in [0.5, 0.6) is 0 Å². The molecule has 16 heavy (non-hydrogen) atoms. The molecule has 1 aliphatic rings. The van der Waals surface area contributed by atoms with Crippen molar-refractivity contribution in [3.05, 3.63) is 10.6 Å². The summed E-state index contributed by atoms with van der Waals surface area (Å²) < 4.78 is 29.2.